The second kappa shape index (κ2) is 6.17. The Bertz CT molecular complexity index is 304. The average Bonchev–Trinajstić information content (AvgIpc) is 2.28. The highest BCUT2D eigenvalue weighted by Crippen LogP contribution is 2.38. The molecular formula is C12H20Cl3NO2. The van der Waals surface area contributed by atoms with Gasteiger partial charge in [-0.1, -0.05) is 62.5 Å². The minimum atomic E-state index is -1.84. The van der Waals surface area contributed by atoms with Crippen molar-refractivity contribution in [3.8, 4) is 0 Å². The maximum absolute atomic E-state index is 7.61. The van der Waals surface area contributed by atoms with Crippen molar-refractivity contribution >= 4 is 40.7 Å². The highest BCUT2D eigenvalue weighted by Gasteiger charge is 2.41. The molecule has 3 nitrogen and oxygen atoms in total. The van der Waals surface area contributed by atoms with Gasteiger partial charge in [-0.15, -0.1) is 0 Å². The molecule has 6 heteroatoms. The first-order valence-corrected chi connectivity index (χ1v) is 7.29. The molecule has 1 saturated heterocycles. The normalized spacial score (nSPS) is 37.4. The largest absolute Gasteiger partial charge is 0.448 e. The number of nitrogens with one attached hydrogen (secondary N) is 1. The van der Waals surface area contributed by atoms with E-state index in [1.807, 2.05) is 6.92 Å². The zero-order chi connectivity index (χ0) is 14.1. The van der Waals surface area contributed by atoms with Crippen molar-refractivity contribution in [2.24, 2.45) is 17.8 Å². The number of hydrogen-bond donors (Lipinski definition) is 1. The highest BCUT2D eigenvalue weighted by molar-refractivity contribution is 6.76. The summed E-state index contributed by atoms with van der Waals surface area (Å²) >= 11 is 16.8. The summed E-state index contributed by atoms with van der Waals surface area (Å²) in [4.78, 5) is 0. The zero-order valence-corrected chi connectivity index (χ0v) is 13.3. The van der Waals surface area contributed by atoms with Gasteiger partial charge in [0.05, 0.1) is 6.10 Å². The molecule has 0 aromatic heterocycles. The molecule has 0 aromatic rings. The lowest BCUT2D eigenvalue weighted by Crippen LogP contribution is -2.47. The third-order valence-electron chi connectivity index (χ3n) is 3.88. The van der Waals surface area contributed by atoms with Crippen molar-refractivity contribution in [3.05, 3.63) is 0 Å². The molecule has 1 heterocycles. The number of halogens is 3. The summed E-state index contributed by atoms with van der Waals surface area (Å²) in [6, 6.07) is 0. The summed E-state index contributed by atoms with van der Waals surface area (Å²) in [5.74, 6) is 0.639. The Kier molecular flexibility index (Phi) is 5.60. The van der Waals surface area contributed by atoms with E-state index in [1.165, 1.54) is 0 Å². The van der Waals surface area contributed by atoms with Crippen LogP contribution in [0.25, 0.3) is 0 Å². The van der Waals surface area contributed by atoms with Gasteiger partial charge in [0.15, 0.2) is 0 Å². The SMILES string of the molecule is CCC1OC(OC(=N)C(Cl)(Cl)Cl)C(C)C(C)C1C. The lowest BCUT2D eigenvalue weighted by molar-refractivity contribution is -0.218. The van der Waals surface area contributed by atoms with Gasteiger partial charge in [-0.25, -0.2) is 0 Å². The summed E-state index contributed by atoms with van der Waals surface area (Å²) < 4.78 is 9.41. The Labute approximate surface area is 124 Å². The third-order valence-corrected chi connectivity index (χ3v) is 4.39. The monoisotopic (exact) mass is 315 g/mol. The summed E-state index contributed by atoms with van der Waals surface area (Å²) in [5, 5.41) is 7.61. The number of hydrogen-bond acceptors (Lipinski definition) is 3. The van der Waals surface area contributed by atoms with Gasteiger partial charge in [-0.2, -0.15) is 0 Å². The van der Waals surface area contributed by atoms with Crippen LogP contribution in [0.1, 0.15) is 34.1 Å². The molecule has 0 bridgehead atoms. The molecule has 0 saturated carbocycles. The van der Waals surface area contributed by atoms with Crippen LogP contribution in [0.15, 0.2) is 0 Å². The Balaban J connectivity index is 2.74. The second-order valence-electron chi connectivity index (χ2n) is 4.97. The van der Waals surface area contributed by atoms with Crippen molar-refractivity contribution in [2.45, 2.75) is 50.3 Å². The fraction of sp³-hybridized carbons (Fsp3) is 0.917. The number of alkyl halides is 3. The quantitative estimate of drug-likeness (QED) is 0.466. The maximum atomic E-state index is 7.61. The van der Waals surface area contributed by atoms with E-state index in [2.05, 4.69) is 20.8 Å². The topological polar surface area (TPSA) is 42.3 Å². The molecule has 5 unspecified atom stereocenters. The van der Waals surface area contributed by atoms with Gasteiger partial charge in [0.2, 0.25) is 12.2 Å². The molecule has 0 aromatic carbocycles. The first-order valence-electron chi connectivity index (χ1n) is 6.16. The van der Waals surface area contributed by atoms with Crippen molar-refractivity contribution < 1.29 is 9.47 Å². The molecule has 18 heavy (non-hydrogen) atoms. The van der Waals surface area contributed by atoms with Gasteiger partial charge >= 0.3 is 0 Å². The van der Waals surface area contributed by atoms with Crippen LogP contribution in [0.4, 0.5) is 0 Å². The Hall–Kier alpha value is 0.300. The molecule has 5 atom stereocenters. The summed E-state index contributed by atoms with van der Waals surface area (Å²) in [6.45, 7) is 8.44. The highest BCUT2D eigenvalue weighted by atomic mass is 35.6. The molecule has 0 aliphatic carbocycles. The third kappa shape index (κ3) is 3.66. The lowest BCUT2D eigenvalue weighted by Gasteiger charge is -2.43. The van der Waals surface area contributed by atoms with Crippen molar-refractivity contribution in [3.63, 3.8) is 0 Å². The minimum absolute atomic E-state index is 0.115. The van der Waals surface area contributed by atoms with Crippen LogP contribution in [0, 0.1) is 23.2 Å². The van der Waals surface area contributed by atoms with E-state index in [1.54, 1.807) is 0 Å². The Morgan fingerprint density at radius 3 is 2.17 bits per heavy atom. The van der Waals surface area contributed by atoms with Crippen LogP contribution in [-0.2, 0) is 9.47 Å². The maximum Gasteiger partial charge on any atom is 0.265 e. The molecule has 0 spiro atoms. The van der Waals surface area contributed by atoms with E-state index in [9.17, 15) is 0 Å². The molecule has 0 radical (unpaired) electrons. The smallest absolute Gasteiger partial charge is 0.265 e. The van der Waals surface area contributed by atoms with Crippen molar-refractivity contribution in [1.82, 2.24) is 0 Å². The number of ether oxygens (including phenoxy) is 2. The zero-order valence-electron chi connectivity index (χ0n) is 11.0. The van der Waals surface area contributed by atoms with Gasteiger partial charge in [0, 0.05) is 5.92 Å². The van der Waals surface area contributed by atoms with Crippen LogP contribution < -0.4 is 0 Å². The second-order valence-corrected chi connectivity index (χ2v) is 7.25. The van der Waals surface area contributed by atoms with Crippen molar-refractivity contribution in [2.75, 3.05) is 0 Å². The van der Waals surface area contributed by atoms with Crippen LogP contribution in [0.2, 0.25) is 0 Å². The molecule has 1 aliphatic heterocycles. The molecule has 1 fully saturated rings. The molecular weight excluding hydrogens is 296 g/mol. The molecule has 0 amide bonds. The summed E-state index contributed by atoms with van der Waals surface area (Å²) in [5.41, 5.74) is 0. The van der Waals surface area contributed by atoms with Gasteiger partial charge in [-0.05, 0) is 18.3 Å². The predicted molar refractivity (Wildman–Crippen MR) is 75.5 cm³/mol. The van der Waals surface area contributed by atoms with E-state index in [0.717, 1.165) is 6.42 Å². The molecule has 1 N–H and O–H groups in total. The molecule has 1 aliphatic rings. The van der Waals surface area contributed by atoms with E-state index in [4.69, 9.17) is 49.7 Å². The van der Waals surface area contributed by atoms with E-state index >= 15 is 0 Å². The van der Waals surface area contributed by atoms with Gasteiger partial charge in [0.1, 0.15) is 0 Å². The van der Waals surface area contributed by atoms with Gasteiger partial charge in [0.25, 0.3) is 3.79 Å². The van der Waals surface area contributed by atoms with Crippen LogP contribution in [0.3, 0.4) is 0 Å². The van der Waals surface area contributed by atoms with Crippen molar-refractivity contribution in [1.29, 1.82) is 5.41 Å². The van der Waals surface area contributed by atoms with Crippen LogP contribution >= 0.6 is 34.8 Å². The van der Waals surface area contributed by atoms with Crippen LogP contribution in [0.5, 0.6) is 0 Å². The standard InChI is InChI=1S/C12H20Cl3NO2/c1-5-9-7(3)6(2)8(4)10(17-9)18-11(16)12(13,14)15/h6-10,16H,5H2,1-4H3. The minimum Gasteiger partial charge on any atom is -0.448 e. The molecule has 1 rings (SSSR count). The summed E-state index contributed by atoms with van der Waals surface area (Å²) in [6.07, 6.45) is 0.493. The first kappa shape index (κ1) is 16.4. The van der Waals surface area contributed by atoms with Gasteiger partial charge < -0.3 is 9.47 Å². The van der Waals surface area contributed by atoms with Crippen LogP contribution in [-0.4, -0.2) is 22.1 Å². The Morgan fingerprint density at radius 1 is 1.17 bits per heavy atom. The fourth-order valence-electron chi connectivity index (χ4n) is 2.27. The van der Waals surface area contributed by atoms with E-state index in [-0.39, 0.29) is 17.9 Å². The number of rotatable bonds is 2. The fourth-order valence-corrected chi connectivity index (χ4v) is 2.41. The average molecular weight is 317 g/mol. The molecule has 106 valence electrons. The van der Waals surface area contributed by atoms with Gasteiger partial charge in [-0.3, -0.25) is 5.41 Å². The van der Waals surface area contributed by atoms with E-state index in [0.29, 0.717) is 11.8 Å². The Morgan fingerprint density at radius 2 is 1.72 bits per heavy atom. The first-order chi connectivity index (χ1) is 8.18. The lowest BCUT2D eigenvalue weighted by atomic mass is 9.78. The predicted octanol–water partition coefficient (Wildman–Crippen LogP) is 4.39. The summed E-state index contributed by atoms with van der Waals surface area (Å²) in [7, 11) is 0. The van der Waals surface area contributed by atoms with E-state index < -0.39 is 10.1 Å².